The van der Waals surface area contributed by atoms with Crippen molar-refractivity contribution in [3.05, 3.63) is 0 Å². The molecule has 18 heavy (non-hydrogen) atoms. The van der Waals surface area contributed by atoms with Gasteiger partial charge in [0.15, 0.2) is 0 Å². The van der Waals surface area contributed by atoms with Crippen molar-refractivity contribution in [1.29, 1.82) is 0 Å². The molecule has 0 radical (unpaired) electrons. The number of amides is 1. The van der Waals surface area contributed by atoms with Gasteiger partial charge in [-0.05, 0) is 25.7 Å². The van der Waals surface area contributed by atoms with Crippen molar-refractivity contribution in [3.63, 3.8) is 0 Å². The van der Waals surface area contributed by atoms with Gasteiger partial charge in [0, 0.05) is 25.1 Å². The zero-order chi connectivity index (χ0) is 13.2. The lowest BCUT2D eigenvalue weighted by Gasteiger charge is -2.39. The van der Waals surface area contributed by atoms with Crippen molar-refractivity contribution in [2.75, 3.05) is 19.7 Å². The molecular formula is C12H21N3O3. The molecule has 2 aliphatic rings. The van der Waals surface area contributed by atoms with E-state index in [1.54, 1.807) is 0 Å². The molecule has 1 amide bonds. The lowest BCUT2D eigenvalue weighted by atomic mass is 9.79. The minimum atomic E-state index is -0.304. The third-order valence-electron chi connectivity index (χ3n) is 4.11. The first-order chi connectivity index (χ1) is 8.57. The number of hydrogen-bond donors (Lipinski definition) is 2. The summed E-state index contributed by atoms with van der Waals surface area (Å²) in [7, 11) is 0. The van der Waals surface area contributed by atoms with Crippen molar-refractivity contribution in [3.8, 4) is 0 Å². The Labute approximate surface area is 107 Å². The standard InChI is InChI=1S/C12H21N3O3/c1-12(11(13)14-17)4-6-15(7-5-12)10(16)9-3-2-8-18-9/h9,17H,2-8H2,1H3,(H2,13,14). The van der Waals surface area contributed by atoms with Gasteiger partial charge < -0.3 is 20.6 Å². The fraction of sp³-hybridized carbons (Fsp3) is 0.833. The smallest absolute Gasteiger partial charge is 0.251 e. The average molecular weight is 255 g/mol. The molecule has 6 nitrogen and oxygen atoms in total. The Kier molecular flexibility index (Phi) is 3.75. The van der Waals surface area contributed by atoms with Crippen molar-refractivity contribution in [2.45, 2.75) is 38.7 Å². The fourth-order valence-corrected chi connectivity index (χ4v) is 2.57. The molecule has 2 rings (SSSR count). The van der Waals surface area contributed by atoms with Crippen LogP contribution in [0.15, 0.2) is 5.16 Å². The van der Waals surface area contributed by atoms with Crippen molar-refractivity contribution in [2.24, 2.45) is 16.3 Å². The van der Waals surface area contributed by atoms with Crippen LogP contribution in [0.4, 0.5) is 0 Å². The third kappa shape index (κ3) is 2.43. The molecule has 0 spiro atoms. The van der Waals surface area contributed by atoms with Crippen molar-refractivity contribution >= 4 is 11.7 Å². The van der Waals surface area contributed by atoms with E-state index in [1.807, 2.05) is 11.8 Å². The highest BCUT2D eigenvalue weighted by Gasteiger charge is 2.37. The quantitative estimate of drug-likeness (QED) is 0.326. The fourth-order valence-electron chi connectivity index (χ4n) is 2.57. The van der Waals surface area contributed by atoms with Crippen molar-refractivity contribution in [1.82, 2.24) is 4.90 Å². The Bertz CT molecular complexity index is 342. The van der Waals surface area contributed by atoms with Gasteiger partial charge in [-0.15, -0.1) is 0 Å². The summed E-state index contributed by atoms with van der Waals surface area (Å²) in [6.07, 6.45) is 2.99. The molecule has 102 valence electrons. The molecule has 0 aromatic heterocycles. The summed E-state index contributed by atoms with van der Waals surface area (Å²) in [5.41, 5.74) is 5.39. The minimum absolute atomic E-state index is 0.0917. The maximum atomic E-state index is 12.1. The number of rotatable bonds is 2. The Hall–Kier alpha value is -1.30. The molecule has 0 aromatic rings. The second kappa shape index (κ2) is 5.14. The van der Waals surface area contributed by atoms with Crippen LogP contribution in [0, 0.1) is 5.41 Å². The SMILES string of the molecule is CC1(C(N)=NO)CCN(C(=O)C2CCCO2)CC1. The van der Waals surface area contributed by atoms with Crippen LogP contribution in [0.5, 0.6) is 0 Å². The van der Waals surface area contributed by atoms with Crippen LogP contribution in [0.2, 0.25) is 0 Å². The number of ether oxygens (including phenoxy) is 1. The number of piperidine rings is 1. The number of nitrogens with two attached hydrogens (primary N) is 1. The second-order valence-electron chi connectivity index (χ2n) is 5.37. The molecule has 1 atom stereocenters. The molecule has 3 N–H and O–H groups in total. The summed E-state index contributed by atoms with van der Waals surface area (Å²) in [6.45, 7) is 3.94. The molecule has 2 saturated heterocycles. The minimum Gasteiger partial charge on any atom is -0.409 e. The van der Waals surface area contributed by atoms with E-state index < -0.39 is 0 Å². The van der Waals surface area contributed by atoms with E-state index in [4.69, 9.17) is 15.7 Å². The molecule has 0 bridgehead atoms. The van der Waals surface area contributed by atoms with E-state index in [1.165, 1.54) is 0 Å². The van der Waals surface area contributed by atoms with E-state index in [-0.39, 0.29) is 23.3 Å². The second-order valence-corrected chi connectivity index (χ2v) is 5.37. The van der Waals surface area contributed by atoms with E-state index in [9.17, 15) is 4.79 Å². The van der Waals surface area contributed by atoms with Gasteiger partial charge in [-0.3, -0.25) is 4.79 Å². The molecule has 2 aliphatic heterocycles. The number of carbonyl (C=O) groups excluding carboxylic acids is 1. The highest BCUT2D eigenvalue weighted by atomic mass is 16.5. The summed E-state index contributed by atoms with van der Waals surface area (Å²) in [4.78, 5) is 14.0. The molecule has 0 saturated carbocycles. The molecule has 1 unspecified atom stereocenters. The summed E-state index contributed by atoms with van der Waals surface area (Å²) in [6, 6.07) is 0. The molecule has 2 heterocycles. The van der Waals surface area contributed by atoms with E-state index >= 15 is 0 Å². The Morgan fingerprint density at radius 1 is 1.50 bits per heavy atom. The van der Waals surface area contributed by atoms with Gasteiger partial charge in [0.1, 0.15) is 11.9 Å². The predicted molar refractivity (Wildman–Crippen MR) is 66.3 cm³/mol. The third-order valence-corrected chi connectivity index (χ3v) is 4.11. The first kappa shape index (κ1) is 13.1. The lowest BCUT2D eigenvalue weighted by Crippen LogP contribution is -2.49. The zero-order valence-electron chi connectivity index (χ0n) is 10.8. The normalized spacial score (nSPS) is 28.4. The molecule has 2 fully saturated rings. The summed E-state index contributed by atoms with van der Waals surface area (Å²) in [5, 5.41) is 11.9. The topological polar surface area (TPSA) is 88.2 Å². The summed E-state index contributed by atoms with van der Waals surface area (Å²) >= 11 is 0. The summed E-state index contributed by atoms with van der Waals surface area (Å²) < 4.78 is 5.41. The molecule has 0 aliphatic carbocycles. The van der Waals surface area contributed by atoms with Crippen molar-refractivity contribution < 1.29 is 14.7 Å². The van der Waals surface area contributed by atoms with E-state index in [2.05, 4.69) is 5.16 Å². The highest BCUT2D eigenvalue weighted by Crippen LogP contribution is 2.31. The van der Waals surface area contributed by atoms with Crippen LogP contribution in [0.25, 0.3) is 0 Å². The van der Waals surface area contributed by atoms with E-state index in [0.717, 1.165) is 25.7 Å². The van der Waals surface area contributed by atoms with Crippen LogP contribution >= 0.6 is 0 Å². The maximum absolute atomic E-state index is 12.1. The van der Waals surface area contributed by atoms with E-state index in [0.29, 0.717) is 19.7 Å². The Morgan fingerprint density at radius 2 is 2.17 bits per heavy atom. The molecule has 6 heteroatoms. The summed E-state index contributed by atoms with van der Waals surface area (Å²) in [5.74, 6) is 0.348. The number of hydrogen-bond acceptors (Lipinski definition) is 4. The zero-order valence-corrected chi connectivity index (χ0v) is 10.8. The van der Waals surface area contributed by atoms with Crippen LogP contribution in [0.1, 0.15) is 32.6 Å². The largest absolute Gasteiger partial charge is 0.409 e. The van der Waals surface area contributed by atoms with Crippen LogP contribution < -0.4 is 5.73 Å². The lowest BCUT2D eigenvalue weighted by molar-refractivity contribution is -0.142. The highest BCUT2D eigenvalue weighted by molar-refractivity contribution is 5.86. The van der Waals surface area contributed by atoms with Gasteiger partial charge >= 0.3 is 0 Å². The van der Waals surface area contributed by atoms with Gasteiger partial charge in [-0.25, -0.2) is 0 Å². The van der Waals surface area contributed by atoms with Gasteiger partial charge in [0.2, 0.25) is 0 Å². The molecular weight excluding hydrogens is 234 g/mol. The Morgan fingerprint density at radius 3 is 2.67 bits per heavy atom. The van der Waals surface area contributed by atoms with Gasteiger partial charge in [0.25, 0.3) is 5.91 Å². The van der Waals surface area contributed by atoms with Crippen LogP contribution in [0.3, 0.4) is 0 Å². The monoisotopic (exact) mass is 255 g/mol. The van der Waals surface area contributed by atoms with Crippen LogP contribution in [-0.2, 0) is 9.53 Å². The van der Waals surface area contributed by atoms with Crippen LogP contribution in [-0.4, -0.2) is 47.7 Å². The van der Waals surface area contributed by atoms with Gasteiger partial charge in [0.05, 0.1) is 0 Å². The average Bonchev–Trinajstić information content (AvgIpc) is 2.91. The predicted octanol–water partition coefficient (Wildman–Crippen LogP) is 0.540. The van der Waals surface area contributed by atoms with Gasteiger partial charge in [-0.1, -0.05) is 12.1 Å². The molecule has 0 aromatic carbocycles. The number of oxime groups is 1. The first-order valence-electron chi connectivity index (χ1n) is 6.45. The maximum Gasteiger partial charge on any atom is 0.251 e. The number of nitrogens with zero attached hydrogens (tertiary/aromatic N) is 2. The Balaban J connectivity index is 1.92. The first-order valence-corrected chi connectivity index (χ1v) is 6.45. The number of amidine groups is 1. The number of likely N-dealkylation sites (tertiary alicyclic amines) is 1. The number of carbonyl (C=O) groups is 1. The van der Waals surface area contributed by atoms with Gasteiger partial charge in [-0.2, -0.15) is 0 Å².